The predicted molar refractivity (Wildman–Crippen MR) is 138 cm³/mol. The number of sulfone groups is 1. The lowest BCUT2D eigenvalue weighted by molar-refractivity contribution is -0.108. The summed E-state index contributed by atoms with van der Waals surface area (Å²) in [6, 6.07) is 10.1. The summed E-state index contributed by atoms with van der Waals surface area (Å²) in [5.74, 6) is 0.459. The number of carbonyl (C=O) groups excluding carboxylic acids is 1. The largest absolute Gasteiger partial charge is 0.304 e. The Labute approximate surface area is 211 Å². The summed E-state index contributed by atoms with van der Waals surface area (Å²) in [6.45, 7) is 8.59. The minimum absolute atomic E-state index is 0.123. The Morgan fingerprint density at radius 1 is 1.17 bits per heavy atom. The minimum atomic E-state index is -3.70. The Bertz CT molecular complexity index is 1210. The van der Waals surface area contributed by atoms with Gasteiger partial charge in [-0.15, -0.1) is 6.58 Å². The smallest absolute Gasteiger partial charge is 0.199 e. The van der Waals surface area contributed by atoms with E-state index in [2.05, 4.69) is 21.9 Å². The number of rotatable bonds is 8. The van der Waals surface area contributed by atoms with Crippen LogP contribution in [-0.4, -0.2) is 74.1 Å². The number of hydrogen-bond acceptors (Lipinski definition) is 8. The summed E-state index contributed by atoms with van der Waals surface area (Å²) in [5.41, 5.74) is 6.03. The Morgan fingerprint density at radius 3 is 2.43 bits per heavy atom. The van der Waals surface area contributed by atoms with Crippen LogP contribution in [0.5, 0.6) is 0 Å². The average molecular weight is 516 g/mol. The first-order chi connectivity index (χ1) is 16.7. The minimum Gasteiger partial charge on any atom is -0.304 e. The highest BCUT2D eigenvalue weighted by Gasteiger charge is 2.34. The highest BCUT2D eigenvalue weighted by Crippen LogP contribution is 2.29. The Morgan fingerprint density at radius 2 is 1.86 bits per heavy atom. The van der Waals surface area contributed by atoms with Gasteiger partial charge in [-0.25, -0.2) is 13.4 Å². The van der Waals surface area contributed by atoms with Crippen molar-refractivity contribution in [2.75, 3.05) is 38.2 Å². The van der Waals surface area contributed by atoms with E-state index in [-0.39, 0.29) is 4.90 Å². The number of aromatic nitrogens is 1. The van der Waals surface area contributed by atoms with Crippen LogP contribution in [0.25, 0.3) is 0 Å². The van der Waals surface area contributed by atoms with Gasteiger partial charge >= 0.3 is 0 Å². The number of benzene rings is 1. The molecule has 2 aliphatic heterocycles. The highest BCUT2D eigenvalue weighted by molar-refractivity contribution is 7.92. The summed E-state index contributed by atoms with van der Waals surface area (Å²) in [4.78, 5) is 20.7. The van der Waals surface area contributed by atoms with Crippen LogP contribution in [0, 0.1) is 0 Å². The normalized spacial score (nSPS) is 20.5. The van der Waals surface area contributed by atoms with Gasteiger partial charge in [-0.05, 0) is 55.8 Å². The number of anilines is 1. The van der Waals surface area contributed by atoms with Crippen molar-refractivity contribution in [3.63, 3.8) is 0 Å². The van der Waals surface area contributed by atoms with Gasteiger partial charge < -0.3 is 15.1 Å². The molecule has 10 heteroatoms. The number of hydrazine groups is 1. The molecule has 0 amide bonds. The van der Waals surface area contributed by atoms with Crippen LogP contribution >= 0.6 is 11.6 Å². The van der Waals surface area contributed by atoms with E-state index in [1.165, 1.54) is 12.3 Å². The van der Waals surface area contributed by atoms with Crippen molar-refractivity contribution in [3.05, 3.63) is 77.1 Å². The van der Waals surface area contributed by atoms with Crippen LogP contribution in [-0.2, 0) is 21.1 Å². The number of aldehydes is 1. The van der Waals surface area contributed by atoms with Crippen LogP contribution in [0.2, 0.25) is 5.02 Å². The van der Waals surface area contributed by atoms with Crippen LogP contribution in [0.15, 0.2) is 71.4 Å². The van der Waals surface area contributed by atoms with E-state index in [4.69, 9.17) is 11.6 Å². The van der Waals surface area contributed by atoms with Crippen LogP contribution in [0.3, 0.4) is 0 Å². The molecule has 0 radical (unpaired) electrons. The molecule has 2 aliphatic rings. The third kappa shape index (κ3) is 5.28. The van der Waals surface area contributed by atoms with E-state index in [1.807, 2.05) is 43.1 Å². The molecular weight excluding hydrogens is 486 g/mol. The van der Waals surface area contributed by atoms with Crippen molar-refractivity contribution in [2.24, 2.45) is 0 Å². The second kappa shape index (κ2) is 10.5. The van der Waals surface area contributed by atoms with Gasteiger partial charge in [-0.2, -0.15) is 0 Å². The first kappa shape index (κ1) is 25.4. The molecular formula is C25H30ClN5O3S. The lowest BCUT2D eigenvalue weighted by atomic mass is 9.99. The second-order valence-corrected chi connectivity index (χ2v) is 11.4. The number of hydrogen-bond donors (Lipinski definition) is 1. The van der Waals surface area contributed by atoms with Crippen LogP contribution in [0.1, 0.15) is 12.5 Å². The molecule has 4 rings (SSSR count). The Hall–Kier alpha value is -2.72. The van der Waals surface area contributed by atoms with E-state index >= 15 is 0 Å². The fourth-order valence-corrected chi connectivity index (χ4v) is 6.19. The van der Waals surface area contributed by atoms with Crippen molar-refractivity contribution in [1.29, 1.82) is 0 Å². The zero-order valence-corrected chi connectivity index (χ0v) is 21.5. The quantitative estimate of drug-likeness (QED) is 0.424. The molecule has 3 heterocycles. The van der Waals surface area contributed by atoms with Gasteiger partial charge in [0.05, 0.1) is 4.90 Å². The van der Waals surface area contributed by atoms with Gasteiger partial charge in [0.1, 0.15) is 23.5 Å². The predicted octanol–water partition coefficient (Wildman–Crippen LogP) is 2.68. The maximum Gasteiger partial charge on any atom is 0.199 e. The topological polar surface area (TPSA) is 85.9 Å². The van der Waals surface area contributed by atoms with E-state index in [0.717, 1.165) is 36.2 Å². The lowest BCUT2D eigenvalue weighted by Gasteiger charge is -2.36. The van der Waals surface area contributed by atoms with Gasteiger partial charge in [0.25, 0.3) is 0 Å². The number of halogens is 1. The van der Waals surface area contributed by atoms with Gasteiger partial charge in [-0.1, -0.05) is 29.8 Å². The van der Waals surface area contributed by atoms with Crippen LogP contribution in [0.4, 0.5) is 5.82 Å². The fraction of sp³-hybridized carbons (Fsp3) is 0.360. The van der Waals surface area contributed by atoms with E-state index in [1.54, 1.807) is 17.1 Å². The molecule has 0 bridgehead atoms. The standard InChI is InChI=1S/C25H30ClN5O3S/c1-4-25(30-13-11-29(3)12-14-30)35(33,34)21-9-10-24(27-16-21)31-23(17-32)22(18(2)28-31)15-19-5-7-20(26)8-6-19/h4-10,16-17,23,25,28H,1,11-15H2,2-3H3. The Balaban J connectivity index is 1.52. The molecule has 0 spiro atoms. The monoisotopic (exact) mass is 515 g/mol. The molecule has 0 aliphatic carbocycles. The van der Waals surface area contributed by atoms with E-state index < -0.39 is 21.3 Å². The van der Waals surface area contributed by atoms with Gasteiger partial charge in [0.15, 0.2) is 9.84 Å². The molecule has 1 fully saturated rings. The fourth-order valence-electron chi connectivity index (χ4n) is 4.47. The summed E-state index contributed by atoms with van der Waals surface area (Å²) in [5, 5.41) is 1.50. The van der Waals surface area contributed by atoms with E-state index in [0.29, 0.717) is 30.4 Å². The second-order valence-electron chi connectivity index (χ2n) is 8.88. The molecule has 2 unspecified atom stereocenters. The molecule has 1 N–H and O–H groups in total. The van der Waals surface area contributed by atoms with Crippen molar-refractivity contribution in [3.8, 4) is 0 Å². The summed E-state index contributed by atoms with van der Waals surface area (Å²) < 4.78 is 26.7. The number of piperazine rings is 1. The van der Waals surface area contributed by atoms with Crippen molar-refractivity contribution in [1.82, 2.24) is 20.2 Å². The van der Waals surface area contributed by atoms with Gasteiger partial charge in [-0.3, -0.25) is 9.91 Å². The SMILES string of the molecule is C=CC(N1CCN(C)CC1)S(=O)(=O)c1ccc(N2NC(C)=C(Cc3ccc(Cl)cc3)C2C=O)nc1. The summed E-state index contributed by atoms with van der Waals surface area (Å²) in [7, 11) is -1.67. The van der Waals surface area contributed by atoms with Crippen molar-refractivity contribution in [2.45, 2.75) is 29.7 Å². The van der Waals surface area contributed by atoms with Crippen LogP contribution < -0.4 is 10.4 Å². The molecule has 8 nitrogen and oxygen atoms in total. The molecule has 0 saturated carbocycles. The maximum atomic E-state index is 13.4. The van der Waals surface area contributed by atoms with Gasteiger partial charge in [0.2, 0.25) is 0 Å². The Kier molecular flexibility index (Phi) is 7.61. The van der Waals surface area contributed by atoms with Crippen molar-refractivity contribution < 1.29 is 13.2 Å². The first-order valence-electron chi connectivity index (χ1n) is 11.4. The molecule has 1 aromatic carbocycles. The highest BCUT2D eigenvalue weighted by atomic mass is 35.5. The third-order valence-corrected chi connectivity index (χ3v) is 8.83. The molecule has 35 heavy (non-hydrogen) atoms. The number of allylic oxidation sites excluding steroid dienone is 1. The molecule has 2 aromatic rings. The zero-order valence-electron chi connectivity index (χ0n) is 19.9. The number of nitrogens with one attached hydrogen (secondary N) is 1. The number of pyridine rings is 1. The number of likely N-dealkylation sites (N-methyl/N-ethyl adjacent to an activating group) is 1. The molecule has 2 atom stereocenters. The zero-order chi connectivity index (χ0) is 25.2. The average Bonchev–Trinajstić information content (AvgIpc) is 3.17. The summed E-state index contributed by atoms with van der Waals surface area (Å²) >= 11 is 5.99. The molecule has 1 aromatic heterocycles. The number of nitrogens with zero attached hydrogens (tertiary/aromatic N) is 4. The molecule has 186 valence electrons. The number of carbonyl (C=O) groups is 1. The summed E-state index contributed by atoms with van der Waals surface area (Å²) in [6.07, 6.45) is 4.28. The lowest BCUT2D eigenvalue weighted by Crippen LogP contribution is -2.50. The molecule has 1 saturated heterocycles. The van der Waals surface area contributed by atoms with Gasteiger partial charge in [0, 0.05) is 43.1 Å². The van der Waals surface area contributed by atoms with Crippen molar-refractivity contribution >= 4 is 33.5 Å². The van der Waals surface area contributed by atoms with E-state index in [9.17, 15) is 13.2 Å². The first-order valence-corrected chi connectivity index (χ1v) is 13.4. The maximum absolute atomic E-state index is 13.4. The third-order valence-electron chi connectivity index (χ3n) is 6.56.